The number of anilines is 1. The summed E-state index contributed by atoms with van der Waals surface area (Å²) >= 11 is 0. The minimum Gasteiger partial charge on any atom is -0.495 e. The molecule has 0 unspecified atom stereocenters. The maximum atomic E-state index is 12.7. The SMILES string of the molecule is COc1ccccc1N1CCN(C(=O)CCC(=O)c2ccc3c(c2)OCCCO3)CC1. The van der Waals surface area contributed by atoms with Crippen LogP contribution in [0.5, 0.6) is 17.2 Å². The molecule has 7 heteroatoms. The predicted octanol–water partition coefficient (Wildman–Crippen LogP) is 3.17. The Morgan fingerprint density at radius 2 is 1.68 bits per heavy atom. The minimum absolute atomic E-state index is 0.0161. The molecule has 1 fully saturated rings. The largest absolute Gasteiger partial charge is 0.495 e. The summed E-state index contributed by atoms with van der Waals surface area (Å²) in [7, 11) is 1.67. The number of fused-ring (bicyclic) bond motifs is 1. The third-order valence-corrected chi connectivity index (χ3v) is 5.69. The number of Topliss-reactive ketones (excluding diaryl/α,β-unsaturated/α-hetero) is 1. The highest BCUT2D eigenvalue weighted by molar-refractivity contribution is 5.98. The zero-order valence-electron chi connectivity index (χ0n) is 17.8. The number of hydrogen-bond acceptors (Lipinski definition) is 6. The van der Waals surface area contributed by atoms with Crippen LogP contribution in [0.2, 0.25) is 0 Å². The monoisotopic (exact) mass is 424 g/mol. The quantitative estimate of drug-likeness (QED) is 0.664. The van der Waals surface area contributed by atoms with Gasteiger partial charge < -0.3 is 24.0 Å². The molecule has 0 radical (unpaired) electrons. The van der Waals surface area contributed by atoms with E-state index in [1.165, 1.54) is 0 Å². The second-order valence-corrected chi connectivity index (χ2v) is 7.67. The molecule has 0 aromatic heterocycles. The summed E-state index contributed by atoms with van der Waals surface area (Å²) in [5.41, 5.74) is 1.60. The number of piperazine rings is 1. The number of carbonyl (C=O) groups excluding carboxylic acids is 2. The molecule has 0 atom stereocenters. The number of rotatable bonds is 6. The van der Waals surface area contributed by atoms with Crippen LogP contribution in [0.1, 0.15) is 29.6 Å². The van der Waals surface area contributed by atoms with Crippen LogP contribution in [0.15, 0.2) is 42.5 Å². The highest BCUT2D eigenvalue weighted by Gasteiger charge is 2.23. The first kappa shape index (κ1) is 21.0. The molecule has 2 aromatic carbocycles. The Morgan fingerprint density at radius 1 is 0.935 bits per heavy atom. The van der Waals surface area contributed by atoms with E-state index < -0.39 is 0 Å². The molecule has 0 N–H and O–H groups in total. The number of methoxy groups -OCH3 is 1. The number of carbonyl (C=O) groups is 2. The van der Waals surface area contributed by atoms with Crippen molar-refractivity contribution in [3.63, 3.8) is 0 Å². The lowest BCUT2D eigenvalue weighted by atomic mass is 10.1. The van der Waals surface area contributed by atoms with E-state index in [2.05, 4.69) is 4.90 Å². The lowest BCUT2D eigenvalue weighted by Gasteiger charge is -2.36. The van der Waals surface area contributed by atoms with Gasteiger partial charge in [0.15, 0.2) is 17.3 Å². The Hall–Kier alpha value is -3.22. The Morgan fingerprint density at radius 3 is 2.45 bits per heavy atom. The highest BCUT2D eigenvalue weighted by atomic mass is 16.5. The van der Waals surface area contributed by atoms with Crippen LogP contribution in [0, 0.1) is 0 Å². The van der Waals surface area contributed by atoms with Crippen LogP contribution in [0.3, 0.4) is 0 Å². The average molecular weight is 424 g/mol. The van der Waals surface area contributed by atoms with Crippen LogP contribution in [0.25, 0.3) is 0 Å². The van der Waals surface area contributed by atoms with E-state index in [9.17, 15) is 9.59 Å². The maximum absolute atomic E-state index is 12.7. The van der Waals surface area contributed by atoms with Crippen molar-refractivity contribution in [2.24, 2.45) is 0 Å². The van der Waals surface area contributed by atoms with E-state index in [-0.39, 0.29) is 24.5 Å². The minimum atomic E-state index is -0.0587. The van der Waals surface area contributed by atoms with Crippen molar-refractivity contribution in [2.45, 2.75) is 19.3 Å². The maximum Gasteiger partial charge on any atom is 0.223 e. The Bertz CT molecular complexity index is 937. The molecule has 7 nitrogen and oxygen atoms in total. The summed E-state index contributed by atoms with van der Waals surface area (Å²) in [4.78, 5) is 29.4. The fraction of sp³-hybridized carbons (Fsp3) is 0.417. The molecule has 4 rings (SSSR count). The summed E-state index contributed by atoms with van der Waals surface area (Å²) < 4.78 is 16.7. The molecule has 2 aromatic rings. The molecule has 0 saturated carbocycles. The van der Waals surface area contributed by atoms with E-state index in [1.807, 2.05) is 29.2 Å². The molecule has 31 heavy (non-hydrogen) atoms. The van der Waals surface area contributed by atoms with Gasteiger partial charge in [-0.1, -0.05) is 12.1 Å². The van der Waals surface area contributed by atoms with E-state index in [0.717, 1.165) is 30.9 Å². The average Bonchev–Trinajstić information content (AvgIpc) is 3.07. The van der Waals surface area contributed by atoms with Crippen LogP contribution < -0.4 is 19.1 Å². The first-order valence-electron chi connectivity index (χ1n) is 10.7. The van der Waals surface area contributed by atoms with Gasteiger partial charge in [-0.15, -0.1) is 0 Å². The van der Waals surface area contributed by atoms with Gasteiger partial charge >= 0.3 is 0 Å². The van der Waals surface area contributed by atoms with Gasteiger partial charge in [0.2, 0.25) is 5.91 Å². The zero-order chi connectivity index (χ0) is 21.6. The fourth-order valence-corrected chi connectivity index (χ4v) is 3.95. The van der Waals surface area contributed by atoms with Crippen LogP contribution in [-0.4, -0.2) is 63.1 Å². The Kier molecular flexibility index (Phi) is 6.60. The zero-order valence-corrected chi connectivity index (χ0v) is 17.8. The summed E-state index contributed by atoms with van der Waals surface area (Å²) in [6.45, 7) is 3.93. The lowest BCUT2D eigenvalue weighted by Crippen LogP contribution is -2.48. The number of ether oxygens (including phenoxy) is 3. The standard InChI is InChI=1S/C24H28N2O5/c1-29-21-6-3-2-5-19(21)25-11-13-26(14-12-25)24(28)10-8-20(27)18-7-9-22-23(17-18)31-16-4-15-30-22/h2-3,5-7,9,17H,4,8,10-16H2,1H3. The van der Waals surface area contributed by atoms with E-state index in [4.69, 9.17) is 14.2 Å². The molecule has 1 amide bonds. The molecule has 2 heterocycles. The highest BCUT2D eigenvalue weighted by Crippen LogP contribution is 2.31. The van der Waals surface area contributed by atoms with Gasteiger partial charge in [0, 0.05) is 51.0 Å². The molecule has 0 bridgehead atoms. The molecular weight excluding hydrogens is 396 g/mol. The van der Waals surface area contributed by atoms with Crippen molar-refractivity contribution in [3.05, 3.63) is 48.0 Å². The topological polar surface area (TPSA) is 68.3 Å². The number of para-hydroxylation sites is 2. The molecule has 0 aliphatic carbocycles. The summed E-state index contributed by atoms with van der Waals surface area (Å²) in [6.07, 6.45) is 1.21. The molecular formula is C24H28N2O5. The van der Waals surface area contributed by atoms with Crippen molar-refractivity contribution in [3.8, 4) is 17.2 Å². The summed E-state index contributed by atoms with van der Waals surface area (Å²) in [5, 5.41) is 0. The van der Waals surface area contributed by atoms with Gasteiger partial charge in [-0.2, -0.15) is 0 Å². The lowest BCUT2D eigenvalue weighted by molar-refractivity contribution is -0.131. The van der Waals surface area contributed by atoms with Gasteiger partial charge in [0.25, 0.3) is 0 Å². The van der Waals surface area contributed by atoms with Crippen LogP contribution >= 0.6 is 0 Å². The molecule has 1 saturated heterocycles. The van der Waals surface area contributed by atoms with Crippen molar-refractivity contribution in [1.82, 2.24) is 4.90 Å². The summed E-state index contributed by atoms with van der Waals surface area (Å²) in [6, 6.07) is 13.1. The number of benzene rings is 2. The second kappa shape index (κ2) is 9.73. The Labute approximate surface area is 182 Å². The number of hydrogen-bond donors (Lipinski definition) is 0. The van der Waals surface area contributed by atoms with Gasteiger partial charge in [0.05, 0.1) is 26.0 Å². The second-order valence-electron chi connectivity index (χ2n) is 7.67. The van der Waals surface area contributed by atoms with Gasteiger partial charge in [-0.3, -0.25) is 9.59 Å². The third kappa shape index (κ3) is 4.93. The van der Waals surface area contributed by atoms with Gasteiger partial charge in [-0.05, 0) is 30.3 Å². The third-order valence-electron chi connectivity index (χ3n) is 5.69. The number of amides is 1. The number of nitrogens with zero attached hydrogens (tertiary/aromatic N) is 2. The van der Waals surface area contributed by atoms with Crippen molar-refractivity contribution in [2.75, 3.05) is 51.4 Å². The molecule has 2 aliphatic rings. The number of ketones is 1. The predicted molar refractivity (Wildman–Crippen MR) is 117 cm³/mol. The van der Waals surface area contributed by atoms with E-state index in [1.54, 1.807) is 25.3 Å². The van der Waals surface area contributed by atoms with Crippen molar-refractivity contribution >= 4 is 17.4 Å². The first-order valence-corrected chi connectivity index (χ1v) is 10.7. The van der Waals surface area contributed by atoms with Crippen molar-refractivity contribution in [1.29, 1.82) is 0 Å². The van der Waals surface area contributed by atoms with Gasteiger partial charge in [0.1, 0.15) is 5.75 Å². The van der Waals surface area contributed by atoms with E-state index >= 15 is 0 Å². The molecule has 2 aliphatic heterocycles. The van der Waals surface area contributed by atoms with Crippen molar-refractivity contribution < 1.29 is 23.8 Å². The normalized spacial score (nSPS) is 15.9. The fourth-order valence-electron chi connectivity index (χ4n) is 3.95. The Balaban J connectivity index is 1.29. The molecule has 164 valence electrons. The van der Waals surface area contributed by atoms with E-state index in [0.29, 0.717) is 43.4 Å². The van der Waals surface area contributed by atoms with Crippen LogP contribution in [0.4, 0.5) is 5.69 Å². The van der Waals surface area contributed by atoms with Gasteiger partial charge in [-0.25, -0.2) is 0 Å². The smallest absolute Gasteiger partial charge is 0.223 e. The van der Waals surface area contributed by atoms with Crippen LogP contribution in [-0.2, 0) is 4.79 Å². The first-order chi connectivity index (χ1) is 15.2. The molecule has 0 spiro atoms. The summed E-state index contributed by atoms with van der Waals surface area (Å²) in [5.74, 6) is 2.06.